The third kappa shape index (κ3) is 3.57. The van der Waals surface area contributed by atoms with Crippen molar-refractivity contribution in [3.05, 3.63) is 22.2 Å². The van der Waals surface area contributed by atoms with E-state index >= 15 is 0 Å². The molecule has 0 bridgehead atoms. The number of likely N-dealkylation sites (tertiary alicyclic amines) is 1. The number of aromatic amines is 1. The molecule has 0 atom stereocenters. The Balaban J connectivity index is 1.63. The Morgan fingerprint density at radius 1 is 1.30 bits per heavy atom. The van der Waals surface area contributed by atoms with Crippen LogP contribution in [0.5, 0.6) is 0 Å². The van der Waals surface area contributed by atoms with Crippen LogP contribution in [0, 0.1) is 10.7 Å². The molecule has 1 aromatic rings. The summed E-state index contributed by atoms with van der Waals surface area (Å²) in [5.74, 6) is 2.26. The molecule has 2 aliphatic rings. The Hall–Kier alpha value is -1.43. The number of carbonyl (C=O) groups excluding carboxylic acids is 1. The van der Waals surface area contributed by atoms with E-state index in [1.165, 1.54) is 18.4 Å². The summed E-state index contributed by atoms with van der Waals surface area (Å²) < 4.78 is 2.80. The molecule has 0 unspecified atom stereocenters. The van der Waals surface area contributed by atoms with Crippen LogP contribution in [0.3, 0.4) is 0 Å². The topological polar surface area (TPSA) is 53.9 Å². The lowest BCUT2D eigenvalue weighted by atomic mass is 9.95. The van der Waals surface area contributed by atoms with Gasteiger partial charge in [0.25, 0.3) is 0 Å². The molecule has 0 aromatic carbocycles. The van der Waals surface area contributed by atoms with Crippen molar-refractivity contribution in [3.63, 3.8) is 0 Å². The van der Waals surface area contributed by atoms with Crippen LogP contribution in [0.15, 0.2) is 11.6 Å². The Bertz CT molecular complexity index is 660. The van der Waals surface area contributed by atoms with Crippen molar-refractivity contribution in [1.29, 1.82) is 0 Å². The van der Waals surface area contributed by atoms with Gasteiger partial charge in [-0.15, -0.1) is 0 Å². The average molecular weight is 334 g/mol. The zero-order valence-corrected chi connectivity index (χ0v) is 15.0. The van der Waals surface area contributed by atoms with E-state index in [4.69, 9.17) is 12.2 Å². The summed E-state index contributed by atoms with van der Waals surface area (Å²) in [6, 6.07) is 0.306. The van der Waals surface area contributed by atoms with E-state index in [9.17, 15) is 4.79 Å². The van der Waals surface area contributed by atoms with Crippen LogP contribution >= 0.6 is 12.2 Å². The van der Waals surface area contributed by atoms with Gasteiger partial charge in [-0.1, -0.05) is 5.57 Å². The molecule has 2 heterocycles. The van der Waals surface area contributed by atoms with E-state index in [1.54, 1.807) is 0 Å². The monoisotopic (exact) mass is 334 g/mol. The van der Waals surface area contributed by atoms with Crippen LogP contribution in [0.1, 0.15) is 64.2 Å². The highest BCUT2D eigenvalue weighted by Gasteiger charge is 2.28. The van der Waals surface area contributed by atoms with Crippen molar-refractivity contribution in [1.82, 2.24) is 19.7 Å². The Morgan fingerprint density at radius 2 is 1.96 bits per heavy atom. The molecule has 5 nitrogen and oxygen atoms in total. The third-order valence-corrected chi connectivity index (χ3v) is 5.28. The minimum atomic E-state index is 0.176. The summed E-state index contributed by atoms with van der Waals surface area (Å²) in [5, 5.41) is 7.36. The standard InChI is InChI=1S/C17H26N4OS/c1-11(2)21-16(18-19-17(21)23)14-6-8-20(9-7-14)15(22)10-12(3)13-4-5-13/h10-11,13-14H,4-9H2,1-3H3,(H,19,23)/b12-10-. The van der Waals surface area contributed by atoms with Crippen LogP contribution < -0.4 is 0 Å². The van der Waals surface area contributed by atoms with Crippen LogP contribution in [0.4, 0.5) is 0 Å². The summed E-state index contributed by atoms with van der Waals surface area (Å²) in [7, 11) is 0. The number of hydrogen-bond donors (Lipinski definition) is 1. The van der Waals surface area contributed by atoms with Gasteiger partial charge in [0, 0.05) is 31.1 Å². The number of carbonyl (C=O) groups is 1. The highest BCUT2D eigenvalue weighted by molar-refractivity contribution is 7.71. The van der Waals surface area contributed by atoms with Gasteiger partial charge in [-0.3, -0.25) is 9.89 Å². The molecule has 23 heavy (non-hydrogen) atoms. The Morgan fingerprint density at radius 3 is 2.52 bits per heavy atom. The van der Waals surface area contributed by atoms with Crippen LogP contribution in [-0.2, 0) is 4.79 Å². The molecule has 1 saturated carbocycles. The summed E-state index contributed by atoms with van der Waals surface area (Å²) in [4.78, 5) is 14.3. The second-order valence-corrected chi connectivity index (χ2v) is 7.50. The maximum absolute atomic E-state index is 12.4. The van der Waals surface area contributed by atoms with E-state index in [2.05, 4.69) is 35.5 Å². The smallest absolute Gasteiger partial charge is 0.246 e. The van der Waals surface area contributed by atoms with Crippen LogP contribution in [-0.4, -0.2) is 38.7 Å². The first-order valence-corrected chi connectivity index (χ1v) is 9.02. The molecule has 0 spiro atoms. The molecule has 6 heteroatoms. The second kappa shape index (κ2) is 6.59. The molecule has 3 rings (SSSR count). The predicted molar refractivity (Wildman–Crippen MR) is 92.8 cm³/mol. The SMILES string of the molecule is C/C(=C/C(=O)N1CCC(c2n[nH]c(=S)n2C(C)C)CC1)C1CC1. The maximum atomic E-state index is 12.4. The lowest BCUT2D eigenvalue weighted by molar-refractivity contribution is -0.127. The lowest BCUT2D eigenvalue weighted by Crippen LogP contribution is -2.37. The number of piperidine rings is 1. The molecule has 1 aliphatic heterocycles. The third-order valence-electron chi connectivity index (χ3n) is 4.99. The summed E-state index contributed by atoms with van der Waals surface area (Å²) in [6.07, 6.45) is 6.25. The van der Waals surface area contributed by atoms with Crippen LogP contribution in [0.25, 0.3) is 0 Å². The highest BCUT2D eigenvalue weighted by Crippen LogP contribution is 2.36. The van der Waals surface area contributed by atoms with Gasteiger partial charge in [-0.2, -0.15) is 5.10 Å². The van der Waals surface area contributed by atoms with E-state index in [-0.39, 0.29) is 5.91 Å². The lowest BCUT2D eigenvalue weighted by Gasteiger charge is -2.31. The minimum Gasteiger partial charge on any atom is -0.339 e. The zero-order valence-electron chi connectivity index (χ0n) is 14.2. The molecule has 1 aliphatic carbocycles. The van der Waals surface area contributed by atoms with Gasteiger partial charge in [0.2, 0.25) is 5.91 Å². The zero-order chi connectivity index (χ0) is 16.6. The number of aromatic nitrogens is 3. The van der Waals surface area contributed by atoms with E-state index < -0.39 is 0 Å². The first-order chi connectivity index (χ1) is 11.0. The fourth-order valence-electron chi connectivity index (χ4n) is 3.40. The molecule has 0 radical (unpaired) electrons. The van der Waals surface area contributed by atoms with Gasteiger partial charge in [-0.25, -0.2) is 0 Å². The normalized spacial score (nSPS) is 20.3. The average Bonchev–Trinajstić information content (AvgIpc) is 3.30. The number of nitrogens with one attached hydrogen (secondary N) is 1. The maximum Gasteiger partial charge on any atom is 0.246 e. The number of rotatable bonds is 4. The highest BCUT2D eigenvalue weighted by atomic mass is 32.1. The fourth-order valence-corrected chi connectivity index (χ4v) is 3.75. The van der Waals surface area contributed by atoms with E-state index in [0.717, 1.165) is 31.8 Å². The van der Waals surface area contributed by atoms with Crippen molar-refractivity contribution in [3.8, 4) is 0 Å². The first kappa shape index (κ1) is 16.4. The minimum absolute atomic E-state index is 0.176. The van der Waals surface area contributed by atoms with Crippen molar-refractivity contribution in [2.24, 2.45) is 5.92 Å². The molecule has 1 saturated heterocycles. The van der Waals surface area contributed by atoms with E-state index in [1.807, 2.05) is 11.0 Å². The number of amides is 1. The predicted octanol–water partition coefficient (Wildman–Crippen LogP) is 3.58. The quantitative estimate of drug-likeness (QED) is 0.676. The van der Waals surface area contributed by atoms with Gasteiger partial charge in [0.1, 0.15) is 5.82 Å². The number of hydrogen-bond acceptors (Lipinski definition) is 3. The fraction of sp³-hybridized carbons (Fsp3) is 0.706. The van der Waals surface area contributed by atoms with Crippen molar-refractivity contribution in [2.75, 3.05) is 13.1 Å². The number of H-pyrrole nitrogens is 1. The molecular weight excluding hydrogens is 308 g/mol. The number of nitrogens with zero attached hydrogens (tertiary/aromatic N) is 3. The first-order valence-electron chi connectivity index (χ1n) is 8.61. The van der Waals surface area contributed by atoms with E-state index in [0.29, 0.717) is 22.6 Å². The summed E-state index contributed by atoms with van der Waals surface area (Å²) >= 11 is 5.33. The summed E-state index contributed by atoms with van der Waals surface area (Å²) in [5.41, 5.74) is 1.25. The van der Waals surface area contributed by atoms with Gasteiger partial charge in [0.05, 0.1) is 0 Å². The molecule has 1 N–H and O–H groups in total. The number of allylic oxidation sites excluding steroid dienone is 1. The molecular formula is C17H26N4OS. The molecule has 1 amide bonds. The molecule has 2 fully saturated rings. The second-order valence-electron chi connectivity index (χ2n) is 7.11. The van der Waals surface area contributed by atoms with Gasteiger partial charge >= 0.3 is 0 Å². The Kier molecular flexibility index (Phi) is 4.71. The largest absolute Gasteiger partial charge is 0.339 e. The van der Waals surface area contributed by atoms with Crippen molar-refractivity contribution < 1.29 is 4.79 Å². The molecule has 126 valence electrons. The van der Waals surface area contributed by atoms with Gasteiger partial charge in [0.15, 0.2) is 4.77 Å². The van der Waals surface area contributed by atoms with Crippen molar-refractivity contribution in [2.45, 2.75) is 58.4 Å². The van der Waals surface area contributed by atoms with Crippen LogP contribution in [0.2, 0.25) is 0 Å². The Labute approximate surface area is 142 Å². The molecule has 1 aromatic heterocycles. The summed E-state index contributed by atoms with van der Waals surface area (Å²) in [6.45, 7) is 7.94. The van der Waals surface area contributed by atoms with Gasteiger partial charge < -0.3 is 9.47 Å². The van der Waals surface area contributed by atoms with Gasteiger partial charge in [-0.05, 0) is 64.6 Å². The van der Waals surface area contributed by atoms with Crippen molar-refractivity contribution >= 4 is 18.1 Å².